The predicted molar refractivity (Wildman–Crippen MR) is 137 cm³/mol. The van der Waals surface area contributed by atoms with E-state index in [0.717, 1.165) is 86.7 Å². The number of aromatic nitrogens is 1. The van der Waals surface area contributed by atoms with Gasteiger partial charge in [-0.05, 0) is 62.1 Å². The van der Waals surface area contributed by atoms with E-state index in [4.69, 9.17) is 19.2 Å². The summed E-state index contributed by atoms with van der Waals surface area (Å²) in [6, 6.07) is 19.0. The van der Waals surface area contributed by atoms with Gasteiger partial charge in [0.15, 0.2) is 6.29 Å². The second kappa shape index (κ2) is 11.2. The zero-order chi connectivity index (χ0) is 23.2. The maximum absolute atomic E-state index is 5.88. The first-order chi connectivity index (χ1) is 16.8. The van der Waals surface area contributed by atoms with Crippen molar-refractivity contribution in [2.75, 3.05) is 57.9 Å². The Kier molecular flexibility index (Phi) is 7.59. The maximum atomic E-state index is 5.88. The topological polar surface area (TPSA) is 47.1 Å². The van der Waals surface area contributed by atoms with Gasteiger partial charge in [0.2, 0.25) is 0 Å². The van der Waals surface area contributed by atoms with Gasteiger partial charge in [0.1, 0.15) is 5.75 Å². The minimum atomic E-state index is 0.0295. The Morgan fingerprint density at radius 3 is 2.59 bits per heavy atom. The smallest absolute Gasteiger partial charge is 0.157 e. The third-order valence-electron chi connectivity index (χ3n) is 6.86. The average molecular weight is 462 g/mol. The molecule has 2 aliphatic heterocycles. The van der Waals surface area contributed by atoms with E-state index < -0.39 is 0 Å². The third kappa shape index (κ3) is 5.69. The molecule has 180 valence electrons. The van der Waals surface area contributed by atoms with Crippen molar-refractivity contribution < 1.29 is 14.2 Å². The summed E-state index contributed by atoms with van der Waals surface area (Å²) in [5, 5.41) is 1.09. The number of rotatable bonds is 8. The van der Waals surface area contributed by atoms with Crippen LogP contribution in [0, 0.1) is 0 Å². The molecule has 1 aromatic heterocycles. The first kappa shape index (κ1) is 23.1. The Morgan fingerprint density at radius 2 is 1.82 bits per heavy atom. The van der Waals surface area contributed by atoms with Crippen LogP contribution in [-0.4, -0.2) is 69.2 Å². The summed E-state index contributed by atoms with van der Waals surface area (Å²) in [6.07, 6.45) is 4.54. The lowest BCUT2D eigenvalue weighted by Gasteiger charge is -2.36. The number of piperazine rings is 1. The van der Waals surface area contributed by atoms with Gasteiger partial charge in [0.25, 0.3) is 0 Å². The molecule has 0 amide bonds. The molecule has 5 rings (SSSR count). The van der Waals surface area contributed by atoms with Crippen molar-refractivity contribution >= 4 is 16.6 Å². The second-order valence-electron chi connectivity index (χ2n) is 9.15. The highest BCUT2D eigenvalue weighted by atomic mass is 16.7. The van der Waals surface area contributed by atoms with Crippen LogP contribution >= 0.6 is 0 Å². The van der Waals surface area contributed by atoms with Crippen molar-refractivity contribution in [3.05, 3.63) is 54.6 Å². The van der Waals surface area contributed by atoms with Crippen molar-refractivity contribution in [1.29, 1.82) is 0 Å². The standard InChI is InChI=1S/C28H35N3O3/c1-32-25-11-13-27-23(21-25)8-12-26(29-27)22-6-9-24(10-7-22)31-17-15-30(16-18-31)14-4-20-34-28-5-2-3-19-33-28/h6-13,21,28H,2-5,14-20H2,1H3. The molecule has 2 fully saturated rings. The van der Waals surface area contributed by atoms with Crippen molar-refractivity contribution in [2.45, 2.75) is 32.0 Å². The van der Waals surface area contributed by atoms with Crippen LogP contribution in [0.3, 0.4) is 0 Å². The molecule has 2 aromatic carbocycles. The predicted octanol–water partition coefficient (Wildman–Crippen LogP) is 4.97. The fraction of sp³-hybridized carbons (Fsp3) is 0.464. The van der Waals surface area contributed by atoms with E-state index in [-0.39, 0.29) is 6.29 Å². The Labute approximate surface area is 202 Å². The number of hydrogen-bond acceptors (Lipinski definition) is 6. The number of benzene rings is 2. The molecule has 0 spiro atoms. The molecule has 6 heteroatoms. The quantitative estimate of drug-likeness (QED) is 0.442. The number of ether oxygens (including phenoxy) is 3. The molecule has 3 heterocycles. The van der Waals surface area contributed by atoms with Gasteiger partial charge in [0.05, 0.1) is 24.9 Å². The van der Waals surface area contributed by atoms with Crippen LogP contribution in [0.4, 0.5) is 5.69 Å². The Hall–Kier alpha value is -2.67. The van der Waals surface area contributed by atoms with E-state index >= 15 is 0 Å². The summed E-state index contributed by atoms with van der Waals surface area (Å²) in [5.74, 6) is 0.855. The minimum absolute atomic E-state index is 0.0295. The first-order valence-electron chi connectivity index (χ1n) is 12.5. The number of methoxy groups -OCH3 is 1. The molecule has 6 nitrogen and oxygen atoms in total. The third-order valence-corrected chi connectivity index (χ3v) is 6.86. The van der Waals surface area contributed by atoms with Crippen LogP contribution in [0.25, 0.3) is 22.2 Å². The molecule has 0 saturated carbocycles. The normalized spacial score (nSPS) is 19.4. The summed E-state index contributed by atoms with van der Waals surface area (Å²) >= 11 is 0. The van der Waals surface area contributed by atoms with Gasteiger partial charge in [-0.1, -0.05) is 18.2 Å². The van der Waals surface area contributed by atoms with Gasteiger partial charge in [-0.3, -0.25) is 4.90 Å². The van der Waals surface area contributed by atoms with Crippen LogP contribution < -0.4 is 9.64 Å². The van der Waals surface area contributed by atoms with Crippen LogP contribution in [0.2, 0.25) is 0 Å². The molecular weight excluding hydrogens is 426 g/mol. The SMILES string of the molecule is COc1ccc2nc(-c3ccc(N4CCN(CCCOC5CCCCO5)CC4)cc3)ccc2c1. The van der Waals surface area contributed by atoms with E-state index in [2.05, 4.69) is 46.2 Å². The van der Waals surface area contributed by atoms with E-state index in [1.165, 1.54) is 18.5 Å². The maximum Gasteiger partial charge on any atom is 0.157 e. The Morgan fingerprint density at radius 1 is 0.971 bits per heavy atom. The minimum Gasteiger partial charge on any atom is -0.497 e. The molecule has 3 aromatic rings. The van der Waals surface area contributed by atoms with Gasteiger partial charge < -0.3 is 19.1 Å². The fourth-order valence-electron chi connectivity index (χ4n) is 4.81. The highest BCUT2D eigenvalue weighted by Crippen LogP contribution is 2.26. The summed E-state index contributed by atoms with van der Waals surface area (Å²) in [5.41, 5.74) is 4.40. The molecular formula is C28H35N3O3. The molecule has 1 atom stereocenters. The zero-order valence-electron chi connectivity index (χ0n) is 20.1. The average Bonchev–Trinajstić information content (AvgIpc) is 2.91. The Bertz CT molecular complexity index is 1060. The molecule has 34 heavy (non-hydrogen) atoms. The van der Waals surface area contributed by atoms with Crippen LogP contribution in [0.1, 0.15) is 25.7 Å². The van der Waals surface area contributed by atoms with E-state index in [1.54, 1.807) is 7.11 Å². The van der Waals surface area contributed by atoms with Gasteiger partial charge in [-0.2, -0.15) is 0 Å². The van der Waals surface area contributed by atoms with Gasteiger partial charge in [-0.25, -0.2) is 4.98 Å². The Balaban J connectivity index is 1.10. The number of pyridine rings is 1. The van der Waals surface area contributed by atoms with Crippen LogP contribution in [0.5, 0.6) is 5.75 Å². The zero-order valence-corrected chi connectivity index (χ0v) is 20.1. The molecule has 1 unspecified atom stereocenters. The largest absolute Gasteiger partial charge is 0.497 e. The monoisotopic (exact) mass is 461 g/mol. The van der Waals surface area contributed by atoms with Gasteiger partial charge >= 0.3 is 0 Å². The number of nitrogens with zero attached hydrogens (tertiary/aromatic N) is 3. The van der Waals surface area contributed by atoms with Crippen molar-refractivity contribution in [3.63, 3.8) is 0 Å². The van der Waals surface area contributed by atoms with E-state index in [0.29, 0.717) is 0 Å². The molecule has 2 saturated heterocycles. The lowest BCUT2D eigenvalue weighted by atomic mass is 10.1. The molecule has 0 N–H and O–H groups in total. The number of fused-ring (bicyclic) bond motifs is 1. The van der Waals surface area contributed by atoms with E-state index in [1.807, 2.05) is 18.2 Å². The van der Waals surface area contributed by atoms with Crippen molar-refractivity contribution in [2.24, 2.45) is 0 Å². The number of anilines is 1. The number of hydrogen-bond donors (Lipinski definition) is 0. The highest BCUT2D eigenvalue weighted by molar-refractivity contribution is 5.83. The van der Waals surface area contributed by atoms with Gasteiger partial charge in [0, 0.05) is 56.0 Å². The fourth-order valence-corrected chi connectivity index (χ4v) is 4.81. The second-order valence-corrected chi connectivity index (χ2v) is 9.15. The lowest BCUT2D eigenvalue weighted by molar-refractivity contribution is -0.163. The van der Waals surface area contributed by atoms with Crippen molar-refractivity contribution in [1.82, 2.24) is 9.88 Å². The van der Waals surface area contributed by atoms with Crippen LogP contribution in [-0.2, 0) is 9.47 Å². The summed E-state index contributed by atoms with van der Waals surface area (Å²) in [6.45, 7) is 7.04. The molecule has 2 aliphatic rings. The first-order valence-corrected chi connectivity index (χ1v) is 12.5. The molecule has 0 bridgehead atoms. The summed E-state index contributed by atoms with van der Waals surface area (Å²) < 4.78 is 16.8. The molecule has 0 aliphatic carbocycles. The lowest BCUT2D eigenvalue weighted by Crippen LogP contribution is -2.46. The summed E-state index contributed by atoms with van der Waals surface area (Å²) in [4.78, 5) is 9.87. The highest BCUT2D eigenvalue weighted by Gasteiger charge is 2.18. The van der Waals surface area contributed by atoms with Gasteiger partial charge in [-0.15, -0.1) is 0 Å². The molecule has 0 radical (unpaired) electrons. The van der Waals surface area contributed by atoms with E-state index in [9.17, 15) is 0 Å². The van der Waals surface area contributed by atoms with Crippen LogP contribution in [0.15, 0.2) is 54.6 Å². The van der Waals surface area contributed by atoms with Crippen molar-refractivity contribution in [3.8, 4) is 17.0 Å². The summed E-state index contributed by atoms with van der Waals surface area (Å²) in [7, 11) is 1.69.